The number of aromatic nitrogens is 1. The lowest BCUT2D eigenvalue weighted by molar-refractivity contribution is -0.671. The molecule has 19 heavy (non-hydrogen) atoms. The highest BCUT2D eigenvalue weighted by molar-refractivity contribution is 5.87. The molecular formula is C14H14NO4+. The van der Waals surface area contributed by atoms with Crippen LogP contribution in [0.1, 0.15) is 20.7 Å². The number of rotatable bonds is 2. The average molecular weight is 260 g/mol. The Kier molecular flexibility index (Phi) is 5.22. The van der Waals surface area contributed by atoms with E-state index in [0.717, 1.165) is 0 Å². The van der Waals surface area contributed by atoms with Gasteiger partial charge >= 0.3 is 11.9 Å². The molecule has 5 nitrogen and oxygen atoms in total. The Hall–Kier alpha value is -2.69. The Morgan fingerprint density at radius 3 is 1.79 bits per heavy atom. The van der Waals surface area contributed by atoms with E-state index in [1.807, 2.05) is 0 Å². The van der Waals surface area contributed by atoms with Crippen LogP contribution in [-0.2, 0) is 7.05 Å². The van der Waals surface area contributed by atoms with Gasteiger partial charge in [0.2, 0.25) is 0 Å². The Morgan fingerprint density at radius 1 is 0.895 bits per heavy atom. The normalized spacial score (nSPS) is 9.11. The number of aryl methyl sites for hydroxylation is 1. The number of carboxylic acid groups (broad SMARTS) is 2. The zero-order valence-corrected chi connectivity index (χ0v) is 10.4. The van der Waals surface area contributed by atoms with Gasteiger partial charge in [0.1, 0.15) is 12.6 Å². The molecule has 1 aromatic carbocycles. The molecule has 98 valence electrons. The van der Waals surface area contributed by atoms with Gasteiger partial charge < -0.3 is 10.2 Å². The van der Waals surface area contributed by atoms with Crippen LogP contribution in [0, 0.1) is 0 Å². The van der Waals surface area contributed by atoms with Crippen molar-refractivity contribution in [2.75, 3.05) is 0 Å². The van der Waals surface area contributed by atoms with Crippen LogP contribution >= 0.6 is 0 Å². The third-order valence-electron chi connectivity index (χ3n) is 2.21. The van der Waals surface area contributed by atoms with Gasteiger partial charge in [-0.05, 0) is 18.2 Å². The highest BCUT2D eigenvalue weighted by Gasteiger charge is 2.04. The molecule has 0 spiro atoms. The van der Waals surface area contributed by atoms with Crippen LogP contribution in [0.4, 0.5) is 0 Å². The van der Waals surface area contributed by atoms with Gasteiger partial charge in [-0.1, -0.05) is 18.2 Å². The van der Waals surface area contributed by atoms with Crippen molar-refractivity contribution in [1.82, 2.24) is 0 Å². The van der Waals surface area contributed by atoms with Gasteiger partial charge in [-0.2, -0.15) is 0 Å². The Labute approximate surface area is 110 Å². The molecule has 0 aliphatic rings. The summed E-state index contributed by atoms with van der Waals surface area (Å²) in [5.41, 5.74) is 0.641. The maximum atomic E-state index is 10.3. The predicted molar refractivity (Wildman–Crippen MR) is 68.0 cm³/mol. The number of benzene rings is 1. The van der Waals surface area contributed by atoms with Gasteiger partial charge in [0.15, 0.2) is 12.4 Å². The number of nitrogens with zero attached hydrogens (tertiary/aromatic N) is 1. The van der Waals surface area contributed by atoms with Gasteiger partial charge in [-0.15, -0.1) is 0 Å². The fourth-order valence-electron chi connectivity index (χ4n) is 1.30. The summed E-state index contributed by atoms with van der Waals surface area (Å²) in [5.74, 6) is -1.77. The Bertz CT molecular complexity index is 567. The van der Waals surface area contributed by atoms with E-state index in [1.54, 1.807) is 66.5 Å². The Morgan fingerprint density at radius 2 is 1.42 bits per heavy atom. The van der Waals surface area contributed by atoms with Crippen LogP contribution in [0.15, 0.2) is 54.9 Å². The number of hydrogen-bond donors (Lipinski definition) is 2. The highest BCUT2D eigenvalue weighted by atomic mass is 16.4. The number of aromatic carboxylic acids is 2. The number of hydrogen-bond acceptors (Lipinski definition) is 2. The van der Waals surface area contributed by atoms with Crippen LogP contribution in [0.2, 0.25) is 0 Å². The molecule has 0 bridgehead atoms. The lowest BCUT2D eigenvalue weighted by atomic mass is 10.2. The minimum Gasteiger partial charge on any atom is -0.478 e. The van der Waals surface area contributed by atoms with Gasteiger partial charge in [0.25, 0.3) is 0 Å². The van der Waals surface area contributed by atoms with Crippen molar-refractivity contribution in [3.05, 3.63) is 66.0 Å². The summed E-state index contributed by atoms with van der Waals surface area (Å²) in [6, 6.07) is 11.6. The SMILES string of the molecule is C[n+]1cccc(C(=O)O)c1.O=C(O)c1ccccc1. The third kappa shape index (κ3) is 4.99. The highest BCUT2D eigenvalue weighted by Crippen LogP contribution is 1.96. The van der Waals surface area contributed by atoms with Crippen molar-refractivity contribution in [2.24, 2.45) is 7.05 Å². The smallest absolute Gasteiger partial charge is 0.341 e. The molecule has 1 heterocycles. The summed E-state index contributed by atoms with van der Waals surface area (Å²) in [7, 11) is 1.78. The number of carboxylic acids is 2. The van der Waals surface area contributed by atoms with E-state index >= 15 is 0 Å². The zero-order chi connectivity index (χ0) is 14.3. The fourth-order valence-corrected chi connectivity index (χ4v) is 1.30. The van der Waals surface area contributed by atoms with E-state index < -0.39 is 11.9 Å². The molecule has 2 N–H and O–H groups in total. The van der Waals surface area contributed by atoms with E-state index in [-0.39, 0.29) is 0 Å². The molecule has 0 unspecified atom stereocenters. The maximum Gasteiger partial charge on any atom is 0.341 e. The van der Waals surface area contributed by atoms with E-state index in [0.29, 0.717) is 11.1 Å². The average Bonchev–Trinajstić information content (AvgIpc) is 2.40. The Balaban J connectivity index is 0.000000191. The van der Waals surface area contributed by atoms with Crippen molar-refractivity contribution in [1.29, 1.82) is 0 Å². The molecule has 2 aromatic rings. The van der Waals surface area contributed by atoms with Crippen molar-refractivity contribution in [3.63, 3.8) is 0 Å². The summed E-state index contributed by atoms with van der Waals surface area (Å²) in [4.78, 5) is 20.5. The monoisotopic (exact) mass is 260 g/mol. The molecule has 0 saturated carbocycles. The molecular weight excluding hydrogens is 246 g/mol. The zero-order valence-electron chi connectivity index (χ0n) is 10.4. The minimum absolute atomic E-state index is 0.310. The second-order valence-electron chi connectivity index (χ2n) is 3.73. The first-order valence-corrected chi connectivity index (χ1v) is 5.47. The second kappa shape index (κ2) is 6.90. The standard InChI is InChI=1S/C7H7NO2.C7H6O2/c1-8-4-2-3-6(5-8)7(9)10;8-7(9)6-4-2-1-3-5-6/h2-5H,1H3;1-5H,(H,8,9)/p+1. The van der Waals surface area contributed by atoms with E-state index in [9.17, 15) is 9.59 Å². The molecule has 0 fully saturated rings. The van der Waals surface area contributed by atoms with E-state index in [4.69, 9.17) is 10.2 Å². The summed E-state index contributed by atoms with van der Waals surface area (Å²) in [6.45, 7) is 0. The molecule has 0 aliphatic heterocycles. The molecule has 0 saturated heterocycles. The van der Waals surface area contributed by atoms with Gasteiger partial charge in [0.05, 0.1) is 5.56 Å². The van der Waals surface area contributed by atoms with Gasteiger partial charge in [-0.3, -0.25) is 0 Å². The van der Waals surface area contributed by atoms with Crippen LogP contribution < -0.4 is 4.57 Å². The summed E-state index contributed by atoms with van der Waals surface area (Å²) in [6.07, 6.45) is 3.34. The molecule has 0 radical (unpaired) electrons. The molecule has 0 aliphatic carbocycles. The van der Waals surface area contributed by atoms with Gasteiger partial charge in [0, 0.05) is 6.07 Å². The largest absolute Gasteiger partial charge is 0.478 e. The summed E-state index contributed by atoms with van der Waals surface area (Å²) in [5, 5.41) is 16.9. The third-order valence-corrected chi connectivity index (χ3v) is 2.21. The number of pyridine rings is 1. The van der Waals surface area contributed by atoms with Crippen molar-refractivity contribution >= 4 is 11.9 Å². The fraction of sp³-hybridized carbons (Fsp3) is 0.0714. The maximum absolute atomic E-state index is 10.3. The number of carbonyl (C=O) groups is 2. The molecule has 1 aromatic heterocycles. The first kappa shape index (κ1) is 14.4. The van der Waals surface area contributed by atoms with Crippen LogP contribution in [0.25, 0.3) is 0 Å². The lowest BCUT2D eigenvalue weighted by Crippen LogP contribution is -2.27. The summed E-state index contributed by atoms with van der Waals surface area (Å²) < 4.78 is 1.70. The molecule has 0 atom stereocenters. The second-order valence-corrected chi connectivity index (χ2v) is 3.73. The molecule has 2 rings (SSSR count). The van der Waals surface area contributed by atoms with E-state index in [2.05, 4.69) is 0 Å². The van der Waals surface area contributed by atoms with Gasteiger partial charge in [-0.25, -0.2) is 14.2 Å². The van der Waals surface area contributed by atoms with Crippen LogP contribution in [0.5, 0.6) is 0 Å². The minimum atomic E-state index is -0.892. The summed E-state index contributed by atoms with van der Waals surface area (Å²) >= 11 is 0. The first-order chi connectivity index (χ1) is 9.00. The first-order valence-electron chi connectivity index (χ1n) is 5.47. The van der Waals surface area contributed by atoms with Crippen LogP contribution in [-0.4, -0.2) is 22.2 Å². The van der Waals surface area contributed by atoms with Crippen LogP contribution in [0.3, 0.4) is 0 Å². The van der Waals surface area contributed by atoms with Crippen molar-refractivity contribution < 1.29 is 24.4 Å². The van der Waals surface area contributed by atoms with Crippen molar-refractivity contribution in [3.8, 4) is 0 Å². The lowest BCUT2D eigenvalue weighted by Gasteiger charge is -1.88. The predicted octanol–water partition coefficient (Wildman–Crippen LogP) is 1.59. The molecule has 0 amide bonds. The quantitative estimate of drug-likeness (QED) is 0.804. The topological polar surface area (TPSA) is 78.5 Å². The van der Waals surface area contributed by atoms with E-state index in [1.165, 1.54) is 0 Å². The molecule has 5 heteroatoms. The van der Waals surface area contributed by atoms with Crippen molar-refractivity contribution in [2.45, 2.75) is 0 Å².